The van der Waals surface area contributed by atoms with Gasteiger partial charge in [-0.15, -0.1) is 0 Å². The highest BCUT2D eigenvalue weighted by Crippen LogP contribution is 2.22. The molecule has 0 aromatic carbocycles. The second kappa shape index (κ2) is 6.77. The van der Waals surface area contributed by atoms with Crippen LogP contribution in [-0.4, -0.2) is 63.5 Å². The molecular weight excluding hydrogens is 331 g/mol. The molecular formula is C16H19FN4O4. The van der Waals surface area contributed by atoms with E-state index in [1.165, 1.54) is 10.8 Å². The van der Waals surface area contributed by atoms with Gasteiger partial charge in [-0.05, 0) is 13.0 Å². The van der Waals surface area contributed by atoms with Gasteiger partial charge in [-0.2, -0.15) is 0 Å². The van der Waals surface area contributed by atoms with Gasteiger partial charge in [-0.25, -0.2) is 14.2 Å². The fourth-order valence-electron chi connectivity index (χ4n) is 2.99. The average Bonchev–Trinajstić information content (AvgIpc) is 2.62. The van der Waals surface area contributed by atoms with Crippen molar-refractivity contribution >= 4 is 22.8 Å². The number of hydrogen-bond acceptors (Lipinski definition) is 6. The molecule has 1 saturated heterocycles. The summed E-state index contributed by atoms with van der Waals surface area (Å²) >= 11 is 0. The van der Waals surface area contributed by atoms with Gasteiger partial charge in [0.1, 0.15) is 11.2 Å². The second-order valence-corrected chi connectivity index (χ2v) is 5.87. The summed E-state index contributed by atoms with van der Waals surface area (Å²) in [6, 6.07) is 1.07. The van der Waals surface area contributed by atoms with E-state index in [0.29, 0.717) is 32.7 Å². The zero-order valence-electron chi connectivity index (χ0n) is 13.8. The number of rotatable bonds is 4. The summed E-state index contributed by atoms with van der Waals surface area (Å²) in [5.41, 5.74) is -0.881. The summed E-state index contributed by atoms with van der Waals surface area (Å²) in [4.78, 5) is 31.5. The van der Waals surface area contributed by atoms with Crippen LogP contribution in [0.4, 0.5) is 10.2 Å². The van der Waals surface area contributed by atoms with Crippen molar-refractivity contribution in [1.29, 1.82) is 0 Å². The summed E-state index contributed by atoms with van der Waals surface area (Å²) in [6.45, 7) is 4.30. The lowest BCUT2D eigenvalue weighted by atomic mass is 10.2. The molecule has 0 atom stereocenters. The third-order valence-corrected chi connectivity index (χ3v) is 4.43. The molecule has 25 heavy (non-hydrogen) atoms. The van der Waals surface area contributed by atoms with Crippen molar-refractivity contribution < 1.29 is 19.4 Å². The van der Waals surface area contributed by atoms with E-state index in [1.54, 1.807) is 11.8 Å². The number of aromatic nitrogens is 2. The van der Waals surface area contributed by atoms with Gasteiger partial charge in [-0.1, -0.05) is 0 Å². The maximum absolute atomic E-state index is 14.6. The van der Waals surface area contributed by atoms with Crippen LogP contribution in [0.5, 0.6) is 0 Å². The van der Waals surface area contributed by atoms with E-state index >= 15 is 0 Å². The van der Waals surface area contributed by atoms with Crippen molar-refractivity contribution in [3.63, 3.8) is 0 Å². The summed E-state index contributed by atoms with van der Waals surface area (Å²) in [5.74, 6) is -1.87. The molecule has 2 N–H and O–H groups in total. The Balaban J connectivity index is 2.11. The highest BCUT2D eigenvalue weighted by molar-refractivity contribution is 5.92. The maximum Gasteiger partial charge on any atom is 0.341 e. The van der Waals surface area contributed by atoms with Gasteiger partial charge in [-0.3, -0.25) is 9.69 Å². The number of aryl methyl sites for hydroxylation is 1. The number of aliphatic hydroxyl groups excluding tert-OH is 1. The third-order valence-electron chi connectivity index (χ3n) is 4.43. The largest absolute Gasteiger partial charge is 0.477 e. The molecule has 0 amide bonds. The van der Waals surface area contributed by atoms with Gasteiger partial charge in [0.2, 0.25) is 5.43 Å². The van der Waals surface area contributed by atoms with Crippen LogP contribution in [0.3, 0.4) is 0 Å². The number of aliphatic hydroxyl groups is 1. The van der Waals surface area contributed by atoms with Crippen LogP contribution in [0, 0.1) is 5.82 Å². The number of halogens is 1. The van der Waals surface area contributed by atoms with Crippen molar-refractivity contribution in [3.8, 4) is 0 Å². The van der Waals surface area contributed by atoms with Crippen molar-refractivity contribution in [2.24, 2.45) is 0 Å². The van der Waals surface area contributed by atoms with Crippen molar-refractivity contribution in [2.75, 3.05) is 37.8 Å². The number of carboxylic acids is 1. The number of hydrogen-bond donors (Lipinski definition) is 2. The molecule has 3 rings (SSSR count). The molecule has 1 aliphatic rings. The summed E-state index contributed by atoms with van der Waals surface area (Å²) < 4.78 is 16.1. The van der Waals surface area contributed by atoms with Crippen molar-refractivity contribution in [2.45, 2.75) is 13.5 Å². The molecule has 9 heteroatoms. The lowest BCUT2D eigenvalue weighted by Crippen LogP contribution is -2.47. The molecule has 0 radical (unpaired) electrons. The quantitative estimate of drug-likeness (QED) is 0.819. The van der Waals surface area contributed by atoms with Crippen LogP contribution in [0.1, 0.15) is 17.3 Å². The van der Waals surface area contributed by atoms with Crippen molar-refractivity contribution in [1.82, 2.24) is 14.5 Å². The molecule has 3 heterocycles. The molecule has 0 bridgehead atoms. The topological polar surface area (TPSA) is 98.9 Å². The zero-order chi connectivity index (χ0) is 18.1. The normalized spacial score (nSPS) is 15.7. The van der Waals surface area contributed by atoms with Crippen LogP contribution < -0.4 is 10.3 Å². The van der Waals surface area contributed by atoms with E-state index in [2.05, 4.69) is 4.98 Å². The minimum atomic E-state index is -1.35. The molecule has 0 aliphatic carbocycles. The predicted molar refractivity (Wildman–Crippen MR) is 89.5 cm³/mol. The van der Waals surface area contributed by atoms with Crippen LogP contribution in [-0.2, 0) is 6.54 Å². The molecule has 0 saturated carbocycles. The lowest BCUT2D eigenvalue weighted by Gasteiger charge is -2.34. The first-order valence-corrected chi connectivity index (χ1v) is 8.01. The fraction of sp³-hybridized carbons (Fsp3) is 0.438. The highest BCUT2D eigenvalue weighted by Gasteiger charge is 2.23. The Morgan fingerprint density at radius 1 is 1.32 bits per heavy atom. The van der Waals surface area contributed by atoms with E-state index in [9.17, 15) is 14.0 Å². The van der Waals surface area contributed by atoms with E-state index in [0.717, 1.165) is 6.07 Å². The number of carbonyl (C=O) groups is 1. The fourth-order valence-corrected chi connectivity index (χ4v) is 2.99. The van der Waals surface area contributed by atoms with Crippen LogP contribution in [0.2, 0.25) is 0 Å². The first kappa shape index (κ1) is 17.3. The van der Waals surface area contributed by atoms with E-state index in [-0.39, 0.29) is 23.6 Å². The van der Waals surface area contributed by atoms with Gasteiger partial charge >= 0.3 is 5.97 Å². The van der Waals surface area contributed by atoms with Crippen LogP contribution in [0.25, 0.3) is 11.0 Å². The number of nitrogens with zero attached hydrogens (tertiary/aromatic N) is 4. The standard InChI is InChI=1S/C16H19FN4O4/c1-2-20-8-11(16(24)25)13(23)10-7-12(17)15(18-14(10)20)21-5-3-19(9-22)4-6-21/h7-8,22H,2-6,9H2,1H3,(H,24,25). The molecule has 1 aliphatic heterocycles. The van der Waals surface area contributed by atoms with E-state index in [1.807, 2.05) is 4.90 Å². The van der Waals surface area contributed by atoms with E-state index < -0.39 is 22.8 Å². The molecule has 0 unspecified atom stereocenters. The number of carboxylic acid groups (broad SMARTS) is 1. The Hall–Kier alpha value is -2.52. The first-order valence-electron chi connectivity index (χ1n) is 8.01. The Labute approximate surface area is 142 Å². The predicted octanol–water partition coefficient (Wildman–Crippen LogP) is 0.326. The maximum atomic E-state index is 14.6. The Morgan fingerprint density at radius 3 is 2.56 bits per heavy atom. The smallest absolute Gasteiger partial charge is 0.341 e. The highest BCUT2D eigenvalue weighted by atomic mass is 19.1. The lowest BCUT2D eigenvalue weighted by molar-refractivity contribution is 0.0694. The van der Waals surface area contributed by atoms with Gasteiger partial charge < -0.3 is 19.7 Å². The van der Waals surface area contributed by atoms with Gasteiger partial charge in [0.15, 0.2) is 11.6 Å². The van der Waals surface area contributed by atoms with Gasteiger partial charge in [0.25, 0.3) is 0 Å². The molecule has 2 aromatic rings. The summed E-state index contributed by atoms with van der Waals surface area (Å²) in [6.07, 6.45) is 1.24. The Kier molecular flexibility index (Phi) is 4.69. The SMILES string of the molecule is CCn1cc(C(=O)O)c(=O)c2cc(F)c(N3CCN(CO)CC3)nc21. The number of fused-ring (bicyclic) bond motifs is 1. The number of aromatic carboxylic acids is 1. The molecule has 2 aromatic heterocycles. The number of piperazine rings is 1. The molecule has 134 valence electrons. The molecule has 0 spiro atoms. The third kappa shape index (κ3) is 3.08. The monoisotopic (exact) mass is 350 g/mol. The van der Waals surface area contributed by atoms with Crippen LogP contribution >= 0.6 is 0 Å². The van der Waals surface area contributed by atoms with Crippen LogP contribution in [0.15, 0.2) is 17.1 Å². The van der Waals surface area contributed by atoms with E-state index in [4.69, 9.17) is 10.2 Å². The molecule has 8 nitrogen and oxygen atoms in total. The molecule has 1 fully saturated rings. The van der Waals surface area contributed by atoms with Gasteiger partial charge in [0.05, 0.1) is 12.1 Å². The number of anilines is 1. The minimum Gasteiger partial charge on any atom is -0.477 e. The Morgan fingerprint density at radius 2 is 2.00 bits per heavy atom. The zero-order valence-corrected chi connectivity index (χ0v) is 13.8. The summed E-state index contributed by atoms with van der Waals surface area (Å²) in [5, 5.41) is 18.3. The average molecular weight is 350 g/mol. The second-order valence-electron chi connectivity index (χ2n) is 5.87. The minimum absolute atomic E-state index is 0.0444. The number of pyridine rings is 2. The van der Waals surface area contributed by atoms with Gasteiger partial charge in [0, 0.05) is 38.9 Å². The summed E-state index contributed by atoms with van der Waals surface area (Å²) in [7, 11) is 0. The first-order chi connectivity index (χ1) is 12.0. The Bertz CT molecular complexity index is 875. The van der Waals surface area contributed by atoms with Crippen molar-refractivity contribution in [3.05, 3.63) is 33.9 Å².